The molecule has 0 aliphatic rings. The van der Waals surface area contributed by atoms with Gasteiger partial charge in [0, 0.05) is 25.7 Å². The molecule has 0 saturated carbocycles. The summed E-state index contributed by atoms with van der Waals surface area (Å²) in [5.41, 5.74) is 5.78. The van der Waals surface area contributed by atoms with Crippen molar-refractivity contribution in [1.29, 1.82) is 0 Å². The van der Waals surface area contributed by atoms with Crippen LogP contribution in [0.5, 0.6) is 5.75 Å². The maximum atomic E-state index is 5.86. The number of nitrogen functional groups attached to an aromatic ring is 1. The Hall–Kier alpha value is -2.12. The zero-order valence-electron chi connectivity index (χ0n) is 14.4. The van der Waals surface area contributed by atoms with E-state index in [4.69, 9.17) is 22.1 Å². The number of hydrogen-bond donors (Lipinski definition) is 1. The highest BCUT2D eigenvalue weighted by atomic mass is 35.5. The van der Waals surface area contributed by atoms with Gasteiger partial charge in [0.25, 0.3) is 0 Å². The number of anilines is 2. The van der Waals surface area contributed by atoms with Crippen LogP contribution in [0.2, 0.25) is 5.02 Å². The summed E-state index contributed by atoms with van der Waals surface area (Å²) in [5.74, 6) is 2.21. The van der Waals surface area contributed by atoms with Crippen LogP contribution in [-0.4, -0.2) is 54.1 Å². The number of benzene rings is 1. The lowest BCUT2D eigenvalue weighted by atomic mass is 10.3. The Morgan fingerprint density at radius 3 is 2.42 bits per heavy atom. The van der Waals surface area contributed by atoms with Gasteiger partial charge in [-0.25, -0.2) is 0 Å². The average Bonchev–Trinajstić information content (AvgIpc) is 2.55. The SMILES string of the molecule is C[C@@H](c1nc(N)nc(N(C)C)n1)N(C)CCOc1ccc(Cl)cc1. The lowest BCUT2D eigenvalue weighted by Gasteiger charge is -2.24. The van der Waals surface area contributed by atoms with Gasteiger partial charge in [-0.1, -0.05) is 11.6 Å². The lowest BCUT2D eigenvalue weighted by molar-refractivity contribution is 0.196. The highest BCUT2D eigenvalue weighted by Crippen LogP contribution is 2.18. The third-order valence-electron chi connectivity index (χ3n) is 3.62. The maximum Gasteiger partial charge on any atom is 0.229 e. The molecule has 0 radical (unpaired) electrons. The van der Waals surface area contributed by atoms with Crippen molar-refractivity contribution >= 4 is 23.5 Å². The van der Waals surface area contributed by atoms with Crippen LogP contribution < -0.4 is 15.4 Å². The minimum atomic E-state index is -0.0113. The number of likely N-dealkylation sites (N-methyl/N-ethyl adjacent to an activating group) is 1. The summed E-state index contributed by atoms with van der Waals surface area (Å²) in [6.07, 6.45) is 0. The second-order valence-corrected chi connectivity index (χ2v) is 6.14. The molecule has 2 aromatic rings. The number of nitrogens with zero attached hydrogens (tertiary/aromatic N) is 5. The first kappa shape index (κ1) is 18.2. The van der Waals surface area contributed by atoms with E-state index in [9.17, 15) is 0 Å². The van der Waals surface area contributed by atoms with Crippen LogP contribution >= 0.6 is 11.6 Å². The summed E-state index contributed by atoms with van der Waals surface area (Å²) in [4.78, 5) is 16.7. The van der Waals surface area contributed by atoms with Gasteiger partial charge in [0.15, 0.2) is 5.82 Å². The number of hydrogen-bond acceptors (Lipinski definition) is 7. The molecule has 8 heteroatoms. The number of nitrogens with two attached hydrogens (primary N) is 1. The Kier molecular flexibility index (Phi) is 6.16. The minimum Gasteiger partial charge on any atom is -0.492 e. The Balaban J connectivity index is 1.94. The number of rotatable bonds is 7. The van der Waals surface area contributed by atoms with E-state index in [-0.39, 0.29) is 12.0 Å². The van der Waals surface area contributed by atoms with E-state index in [0.29, 0.717) is 29.9 Å². The van der Waals surface area contributed by atoms with Gasteiger partial charge in [-0.05, 0) is 38.2 Å². The van der Waals surface area contributed by atoms with Gasteiger partial charge in [-0.2, -0.15) is 15.0 Å². The van der Waals surface area contributed by atoms with Crippen molar-refractivity contribution in [3.63, 3.8) is 0 Å². The van der Waals surface area contributed by atoms with Crippen LogP contribution in [0.4, 0.5) is 11.9 Å². The lowest BCUT2D eigenvalue weighted by Crippen LogP contribution is -2.29. The van der Waals surface area contributed by atoms with E-state index in [1.165, 1.54) is 0 Å². The molecule has 0 unspecified atom stereocenters. The molecule has 1 atom stereocenters. The summed E-state index contributed by atoms with van der Waals surface area (Å²) in [7, 11) is 5.73. The van der Waals surface area contributed by atoms with E-state index < -0.39 is 0 Å². The summed E-state index contributed by atoms with van der Waals surface area (Å²) in [6, 6.07) is 7.30. The molecular weight excluding hydrogens is 328 g/mol. The Labute approximate surface area is 147 Å². The van der Waals surface area contributed by atoms with Gasteiger partial charge >= 0.3 is 0 Å². The fourth-order valence-corrected chi connectivity index (χ4v) is 2.14. The van der Waals surface area contributed by atoms with Crippen LogP contribution in [0.3, 0.4) is 0 Å². The molecule has 2 N–H and O–H groups in total. The summed E-state index contributed by atoms with van der Waals surface area (Å²) in [6.45, 7) is 3.28. The van der Waals surface area contributed by atoms with Gasteiger partial charge in [0.05, 0.1) is 6.04 Å². The van der Waals surface area contributed by atoms with Crippen molar-refractivity contribution in [3.05, 3.63) is 35.1 Å². The predicted octanol–water partition coefficient (Wildman–Crippen LogP) is 2.25. The summed E-state index contributed by atoms with van der Waals surface area (Å²) in [5, 5.41) is 0.692. The molecule has 0 amide bonds. The van der Waals surface area contributed by atoms with Crippen LogP contribution in [0, 0.1) is 0 Å². The van der Waals surface area contributed by atoms with Crippen molar-refractivity contribution in [2.45, 2.75) is 13.0 Å². The van der Waals surface area contributed by atoms with Crippen LogP contribution in [0.1, 0.15) is 18.8 Å². The number of ether oxygens (including phenoxy) is 1. The zero-order valence-corrected chi connectivity index (χ0v) is 15.2. The fraction of sp³-hybridized carbons (Fsp3) is 0.438. The van der Waals surface area contributed by atoms with E-state index in [1.807, 2.05) is 40.2 Å². The van der Waals surface area contributed by atoms with Gasteiger partial charge in [0.1, 0.15) is 12.4 Å². The first-order valence-electron chi connectivity index (χ1n) is 7.64. The molecule has 0 spiro atoms. The molecule has 0 bridgehead atoms. The van der Waals surface area contributed by atoms with E-state index in [0.717, 1.165) is 5.75 Å². The zero-order chi connectivity index (χ0) is 17.7. The van der Waals surface area contributed by atoms with Crippen molar-refractivity contribution in [1.82, 2.24) is 19.9 Å². The van der Waals surface area contributed by atoms with Crippen LogP contribution in [-0.2, 0) is 0 Å². The number of halogens is 1. The third-order valence-corrected chi connectivity index (χ3v) is 3.87. The van der Waals surface area contributed by atoms with Gasteiger partial charge < -0.3 is 15.4 Å². The molecule has 2 rings (SSSR count). The molecule has 1 aromatic heterocycles. The second-order valence-electron chi connectivity index (χ2n) is 5.71. The van der Waals surface area contributed by atoms with Crippen molar-refractivity contribution in [3.8, 4) is 5.75 Å². The molecule has 0 aliphatic heterocycles. The van der Waals surface area contributed by atoms with Crippen LogP contribution in [0.15, 0.2) is 24.3 Å². The monoisotopic (exact) mass is 350 g/mol. The van der Waals surface area contributed by atoms with E-state index >= 15 is 0 Å². The third kappa shape index (κ3) is 4.94. The van der Waals surface area contributed by atoms with Gasteiger partial charge in [-0.3, -0.25) is 4.90 Å². The number of aromatic nitrogens is 3. The van der Waals surface area contributed by atoms with Crippen molar-refractivity contribution in [2.75, 3.05) is 44.9 Å². The average molecular weight is 351 g/mol. The molecule has 0 fully saturated rings. The van der Waals surface area contributed by atoms with E-state index in [1.54, 1.807) is 17.0 Å². The summed E-state index contributed by atoms with van der Waals surface area (Å²) < 4.78 is 5.72. The minimum absolute atomic E-state index is 0.0113. The van der Waals surface area contributed by atoms with Crippen molar-refractivity contribution < 1.29 is 4.74 Å². The molecule has 130 valence electrons. The Bertz CT molecular complexity index is 664. The molecule has 7 nitrogen and oxygen atoms in total. The van der Waals surface area contributed by atoms with E-state index in [2.05, 4.69) is 19.9 Å². The molecule has 24 heavy (non-hydrogen) atoms. The quantitative estimate of drug-likeness (QED) is 0.820. The second kappa shape index (κ2) is 8.12. The molecule has 1 heterocycles. The molecule has 0 saturated heterocycles. The van der Waals surface area contributed by atoms with Gasteiger partial charge in [0.2, 0.25) is 11.9 Å². The summed E-state index contributed by atoms with van der Waals surface area (Å²) >= 11 is 5.86. The first-order valence-corrected chi connectivity index (χ1v) is 8.02. The molecule has 0 aliphatic carbocycles. The van der Waals surface area contributed by atoms with Crippen molar-refractivity contribution in [2.24, 2.45) is 0 Å². The maximum absolute atomic E-state index is 5.86. The fourth-order valence-electron chi connectivity index (χ4n) is 2.01. The standard InChI is InChI=1S/C16H23ClN6O/c1-11(14-19-15(18)21-16(20-14)22(2)3)23(4)9-10-24-13-7-5-12(17)6-8-13/h5-8,11H,9-10H2,1-4H3,(H2,18,19,20,21)/t11-/m0/s1. The smallest absolute Gasteiger partial charge is 0.229 e. The highest BCUT2D eigenvalue weighted by Gasteiger charge is 2.17. The topological polar surface area (TPSA) is 80.4 Å². The highest BCUT2D eigenvalue weighted by molar-refractivity contribution is 6.30. The Morgan fingerprint density at radius 2 is 1.79 bits per heavy atom. The van der Waals surface area contributed by atoms with Gasteiger partial charge in [-0.15, -0.1) is 0 Å². The molecule has 1 aromatic carbocycles. The van der Waals surface area contributed by atoms with Crippen LogP contribution in [0.25, 0.3) is 0 Å². The first-order chi connectivity index (χ1) is 11.4. The largest absolute Gasteiger partial charge is 0.492 e. The Morgan fingerprint density at radius 1 is 1.12 bits per heavy atom. The normalized spacial score (nSPS) is 12.2. The molecular formula is C16H23ClN6O. The predicted molar refractivity (Wildman–Crippen MR) is 96.6 cm³/mol.